The van der Waals surface area contributed by atoms with Crippen LogP contribution in [0.1, 0.15) is 24.3 Å². The maximum atomic E-state index is 12.0. The lowest BCUT2D eigenvalue weighted by molar-refractivity contribution is 0.219. The van der Waals surface area contributed by atoms with Crippen LogP contribution in [0.3, 0.4) is 0 Å². The van der Waals surface area contributed by atoms with Gasteiger partial charge in [-0.25, -0.2) is 9.78 Å². The van der Waals surface area contributed by atoms with Crippen LogP contribution < -0.4 is 5.32 Å². The van der Waals surface area contributed by atoms with E-state index in [4.69, 9.17) is 0 Å². The Morgan fingerprint density at radius 2 is 2.18 bits per heavy atom. The number of thiazole rings is 1. The maximum absolute atomic E-state index is 12.0. The highest BCUT2D eigenvalue weighted by Gasteiger charge is 2.38. The molecule has 92 valence electrons. The minimum Gasteiger partial charge on any atom is -0.324 e. The zero-order valence-corrected chi connectivity index (χ0v) is 10.8. The molecule has 2 atom stereocenters. The lowest BCUT2D eigenvalue weighted by Crippen LogP contribution is -2.33. The Kier molecular flexibility index (Phi) is 2.78. The predicted octanol–water partition coefficient (Wildman–Crippen LogP) is 2.72. The molecule has 1 aromatic rings. The summed E-state index contributed by atoms with van der Waals surface area (Å²) in [7, 11) is 0. The fourth-order valence-electron chi connectivity index (χ4n) is 3.00. The Morgan fingerprint density at radius 1 is 1.47 bits per heavy atom. The summed E-state index contributed by atoms with van der Waals surface area (Å²) in [4.78, 5) is 18.1. The lowest BCUT2D eigenvalue weighted by atomic mass is 10.0. The first-order valence-corrected chi connectivity index (χ1v) is 7.02. The third-order valence-electron chi connectivity index (χ3n) is 3.86. The van der Waals surface area contributed by atoms with Crippen molar-refractivity contribution in [2.45, 2.75) is 26.2 Å². The van der Waals surface area contributed by atoms with Crippen LogP contribution in [0.25, 0.3) is 0 Å². The minimum absolute atomic E-state index is 0.0445. The van der Waals surface area contributed by atoms with Crippen molar-refractivity contribution in [3.63, 3.8) is 0 Å². The molecular formula is C12H17N3OS. The van der Waals surface area contributed by atoms with Crippen LogP contribution >= 0.6 is 11.3 Å². The predicted molar refractivity (Wildman–Crippen MR) is 68.3 cm³/mol. The maximum Gasteiger partial charge on any atom is 0.322 e. The summed E-state index contributed by atoms with van der Waals surface area (Å²) < 4.78 is 0. The SMILES string of the molecule is Cc1ncc(NC(=O)N2CC3CCCC3C2)s1. The summed E-state index contributed by atoms with van der Waals surface area (Å²) >= 11 is 1.53. The third kappa shape index (κ3) is 2.16. The second-order valence-electron chi connectivity index (χ2n) is 5.03. The van der Waals surface area contributed by atoms with Crippen molar-refractivity contribution in [2.75, 3.05) is 18.4 Å². The standard InChI is InChI=1S/C12H17N3OS/c1-8-13-5-11(17-8)14-12(16)15-6-9-3-2-4-10(9)7-15/h5,9-10H,2-4,6-7H2,1H3,(H,14,16). The van der Waals surface area contributed by atoms with Gasteiger partial charge in [-0.3, -0.25) is 5.32 Å². The first-order chi connectivity index (χ1) is 8.22. The largest absolute Gasteiger partial charge is 0.324 e. The van der Waals surface area contributed by atoms with Crippen LogP contribution in [0.2, 0.25) is 0 Å². The van der Waals surface area contributed by atoms with Crippen LogP contribution in [-0.2, 0) is 0 Å². The molecule has 1 saturated heterocycles. The van der Waals surface area contributed by atoms with Crippen molar-refractivity contribution < 1.29 is 4.79 Å². The average molecular weight is 251 g/mol. The molecule has 5 heteroatoms. The second kappa shape index (κ2) is 4.29. The van der Waals surface area contributed by atoms with E-state index in [1.165, 1.54) is 30.6 Å². The third-order valence-corrected chi connectivity index (χ3v) is 4.69. The van der Waals surface area contributed by atoms with Crippen molar-refractivity contribution in [1.82, 2.24) is 9.88 Å². The Balaban J connectivity index is 1.60. The van der Waals surface area contributed by atoms with Crippen LogP contribution in [0.5, 0.6) is 0 Å². The van der Waals surface area contributed by atoms with Crippen molar-refractivity contribution >= 4 is 22.4 Å². The molecule has 0 spiro atoms. The second-order valence-corrected chi connectivity index (χ2v) is 6.26. The van der Waals surface area contributed by atoms with E-state index in [9.17, 15) is 4.79 Å². The van der Waals surface area contributed by atoms with Crippen LogP contribution in [-0.4, -0.2) is 29.0 Å². The van der Waals surface area contributed by atoms with Crippen LogP contribution in [0.4, 0.5) is 9.80 Å². The highest BCUT2D eigenvalue weighted by Crippen LogP contribution is 2.37. The number of fused-ring (bicyclic) bond motifs is 1. The number of carbonyl (C=O) groups is 1. The summed E-state index contributed by atoms with van der Waals surface area (Å²) in [5, 5.41) is 4.77. The Morgan fingerprint density at radius 3 is 2.76 bits per heavy atom. The number of likely N-dealkylation sites (tertiary alicyclic amines) is 1. The van der Waals surface area contributed by atoms with Crippen molar-refractivity contribution in [3.8, 4) is 0 Å². The molecule has 1 N–H and O–H groups in total. The zero-order chi connectivity index (χ0) is 11.8. The van der Waals surface area contributed by atoms with Gasteiger partial charge in [0.05, 0.1) is 11.2 Å². The van der Waals surface area contributed by atoms with Crippen LogP contribution in [0, 0.1) is 18.8 Å². The number of anilines is 1. The monoisotopic (exact) mass is 251 g/mol. The number of nitrogens with one attached hydrogen (secondary N) is 1. The molecule has 4 nitrogen and oxygen atoms in total. The number of rotatable bonds is 1. The van der Waals surface area contributed by atoms with E-state index < -0.39 is 0 Å². The molecule has 2 aliphatic rings. The van der Waals surface area contributed by atoms with E-state index in [1.54, 1.807) is 6.20 Å². The number of amides is 2. The highest BCUT2D eigenvalue weighted by molar-refractivity contribution is 7.15. The molecule has 1 saturated carbocycles. The molecule has 2 fully saturated rings. The molecule has 0 aromatic carbocycles. The fraction of sp³-hybridized carbons (Fsp3) is 0.667. The van der Waals surface area contributed by atoms with Gasteiger partial charge in [-0.2, -0.15) is 0 Å². The van der Waals surface area contributed by atoms with Gasteiger partial charge in [-0.15, -0.1) is 11.3 Å². The summed E-state index contributed by atoms with van der Waals surface area (Å²) in [6, 6.07) is 0.0445. The fourth-order valence-corrected chi connectivity index (χ4v) is 3.67. The number of aryl methyl sites for hydroxylation is 1. The van der Waals surface area contributed by atoms with Crippen LogP contribution in [0.15, 0.2) is 6.20 Å². The first kappa shape index (κ1) is 11.0. The molecule has 1 aliphatic carbocycles. The van der Waals surface area contributed by atoms with Crippen molar-refractivity contribution in [1.29, 1.82) is 0 Å². The molecule has 0 bridgehead atoms. The number of hydrogen-bond acceptors (Lipinski definition) is 3. The quantitative estimate of drug-likeness (QED) is 0.834. The number of hydrogen-bond donors (Lipinski definition) is 1. The van der Waals surface area contributed by atoms with E-state index in [1.807, 2.05) is 11.8 Å². The van der Waals surface area contributed by atoms with E-state index in [2.05, 4.69) is 10.3 Å². The van der Waals surface area contributed by atoms with Gasteiger partial charge in [0.2, 0.25) is 0 Å². The van der Waals surface area contributed by atoms with Gasteiger partial charge in [0, 0.05) is 13.1 Å². The smallest absolute Gasteiger partial charge is 0.322 e. The van der Waals surface area contributed by atoms with Gasteiger partial charge in [-0.05, 0) is 31.6 Å². The molecule has 2 amide bonds. The number of nitrogens with zero attached hydrogens (tertiary/aromatic N) is 2. The topological polar surface area (TPSA) is 45.2 Å². The summed E-state index contributed by atoms with van der Waals surface area (Å²) in [6.07, 6.45) is 5.68. The number of carbonyl (C=O) groups excluding carboxylic acids is 1. The Bertz CT molecular complexity index is 419. The molecule has 17 heavy (non-hydrogen) atoms. The molecule has 2 unspecified atom stereocenters. The zero-order valence-electron chi connectivity index (χ0n) is 9.98. The Hall–Kier alpha value is -1.10. The van der Waals surface area contributed by atoms with Gasteiger partial charge in [0.1, 0.15) is 5.00 Å². The first-order valence-electron chi connectivity index (χ1n) is 6.21. The lowest BCUT2D eigenvalue weighted by Gasteiger charge is -2.17. The van der Waals surface area contributed by atoms with E-state index in [0.29, 0.717) is 0 Å². The summed E-state index contributed by atoms with van der Waals surface area (Å²) in [5.41, 5.74) is 0. The summed E-state index contributed by atoms with van der Waals surface area (Å²) in [6.45, 7) is 3.82. The van der Waals surface area contributed by atoms with Gasteiger partial charge < -0.3 is 4.90 Å². The molecule has 1 aliphatic heterocycles. The van der Waals surface area contributed by atoms with Crippen molar-refractivity contribution in [3.05, 3.63) is 11.2 Å². The average Bonchev–Trinajstić information content (AvgIpc) is 2.92. The van der Waals surface area contributed by atoms with Gasteiger partial charge in [0.25, 0.3) is 0 Å². The minimum atomic E-state index is 0.0445. The van der Waals surface area contributed by atoms with E-state index >= 15 is 0 Å². The van der Waals surface area contributed by atoms with Gasteiger partial charge >= 0.3 is 6.03 Å². The highest BCUT2D eigenvalue weighted by atomic mass is 32.1. The van der Waals surface area contributed by atoms with E-state index in [0.717, 1.165) is 34.9 Å². The van der Waals surface area contributed by atoms with Gasteiger partial charge in [-0.1, -0.05) is 6.42 Å². The Labute approximate surface area is 105 Å². The molecule has 3 rings (SSSR count). The molecular weight excluding hydrogens is 234 g/mol. The molecule has 2 heterocycles. The van der Waals surface area contributed by atoms with Crippen molar-refractivity contribution in [2.24, 2.45) is 11.8 Å². The van der Waals surface area contributed by atoms with E-state index in [-0.39, 0.29) is 6.03 Å². The normalized spacial score (nSPS) is 27.2. The van der Waals surface area contributed by atoms with Gasteiger partial charge in [0.15, 0.2) is 0 Å². The number of aromatic nitrogens is 1. The molecule has 0 radical (unpaired) electrons. The molecule has 1 aromatic heterocycles. The summed E-state index contributed by atoms with van der Waals surface area (Å²) in [5.74, 6) is 1.51. The number of urea groups is 1.